The number of nitrogens with one attached hydrogen (secondary N) is 1. The molecule has 1 saturated heterocycles. The van der Waals surface area contributed by atoms with E-state index < -0.39 is 0 Å². The summed E-state index contributed by atoms with van der Waals surface area (Å²) in [5.74, 6) is 0.821. The number of fused-ring (bicyclic) bond motifs is 1. The second kappa shape index (κ2) is 8.29. The third-order valence-corrected chi connectivity index (χ3v) is 6.34. The maximum absolute atomic E-state index is 12.9. The van der Waals surface area contributed by atoms with Crippen LogP contribution in [0.3, 0.4) is 0 Å². The van der Waals surface area contributed by atoms with E-state index in [9.17, 15) is 4.79 Å². The first-order valence-corrected chi connectivity index (χ1v) is 10.6. The van der Waals surface area contributed by atoms with Gasteiger partial charge in [-0.25, -0.2) is 4.98 Å². The van der Waals surface area contributed by atoms with Crippen LogP contribution >= 0.6 is 11.3 Å². The van der Waals surface area contributed by atoms with Gasteiger partial charge < -0.3 is 10.1 Å². The molecule has 1 N–H and O–H groups in total. The molecule has 1 fully saturated rings. The van der Waals surface area contributed by atoms with Gasteiger partial charge in [0, 0.05) is 5.69 Å². The topological polar surface area (TPSA) is 54.5 Å². The van der Waals surface area contributed by atoms with Gasteiger partial charge in [-0.2, -0.15) is 0 Å². The highest BCUT2D eigenvalue weighted by Crippen LogP contribution is 2.37. The Hall–Kier alpha value is -2.44. The van der Waals surface area contributed by atoms with Crippen LogP contribution in [0.4, 0.5) is 5.69 Å². The quantitative estimate of drug-likeness (QED) is 0.648. The van der Waals surface area contributed by atoms with Gasteiger partial charge in [0.05, 0.1) is 28.9 Å². The Morgan fingerprint density at radius 1 is 1.29 bits per heavy atom. The molecular formula is C22H25N3O2S. The van der Waals surface area contributed by atoms with Crippen LogP contribution in [0.15, 0.2) is 48.5 Å². The van der Waals surface area contributed by atoms with Gasteiger partial charge >= 0.3 is 0 Å². The highest BCUT2D eigenvalue weighted by Gasteiger charge is 2.34. The van der Waals surface area contributed by atoms with Gasteiger partial charge in [0.15, 0.2) is 0 Å². The van der Waals surface area contributed by atoms with Crippen molar-refractivity contribution in [2.75, 3.05) is 18.5 Å². The van der Waals surface area contributed by atoms with E-state index >= 15 is 0 Å². The van der Waals surface area contributed by atoms with Crippen molar-refractivity contribution >= 4 is 33.1 Å². The third kappa shape index (κ3) is 3.88. The second-order valence-corrected chi connectivity index (χ2v) is 8.10. The second-order valence-electron chi connectivity index (χ2n) is 7.04. The number of benzene rings is 2. The van der Waals surface area contributed by atoms with Crippen LogP contribution in [0.2, 0.25) is 0 Å². The number of nitrogens with zero attached hydrogens (tertiary/aromatic N) is 2. The van der Waals surface area contributed by atoms with E-state index in [0.29, 0.717) is 6.61 Å². The fourth-order valence-corrected chi connectivity index (χ4v) is 4.87. The summed E-state index contributed by atoms with van der Waals surface area (Å²) in [5, 5.41) is 4.14. The lowest BCUT2D eigenvalue weighted by Gasteiger charge is -2.28. The molecular weight excluding hydrogens is 370 g/mol. The first kappa shape index (κ1) is 18.9. The average molecular weight is 396 g/mol. The van der Waals surface area contributed by atoms with Crippen molar-refractivity contribution in [3.8, 4) is 5.75 Å². The normalized spacial score (nSPS) is 18.3. The van der Waals surface area contributed by atoms with E-state index in [4.69, 9.17) is 9.72 Å². The van der Waals surface area contributed by atoms with E-state index in [0.717, 1.165) is 41.3 Å². The predicted molar refractivity (Wildman–Crippen MR) is 114 cm³/mol. The van der Waals surface area contributed by atoms with Crippen molar-refractivity contribution in [2.45, 2.75) is 38.8 Å². The molecule has 4 rings (SSSR count). The smallest absolute Gasteiger partial charge is 0.241 e. The third-order valence-electron chi connectivity index (χ3n) is 5.20. The van der Waals surface area contributed by atoms with Gasteiger partial charge in [-0.05, 0) is 69.6 Å². The lowest BCUT2D eigenvalue weighted by atomic mass is 10.2. The van der Waals surface area contributed by atoms with Crippen LogP contribution < -0.4 is 10.1 Å². The fourth-order valence-electron chi connectivity index (χ4n) is 3.75. The van der Waals surface area contributed by atoms with Gasteiger partial charge in [-0.15, -0.1) is 11.3 Å². The van der Waals surface area contributed by atoms with Gasteiger partial charge in [0.1, 0.15) is 10.8 Å². The molecule has 6 heteroatoms. The van der Waals surface area contributed by atoms with Crippen LogP contribution in [0, 0.1) is 0 Å². The largest absolute Gasteiger partial charge is 0.494 e. The van der Waals surface area contributed by atoms with E-state index in [-0.39, 0.29) is 18.0 Å². The number of rotatable bonds is 6. The molecule has 1 aliphatic rings. The number of carbonyl (C=O) groups excluding carboxylic acids is 1. The molecule has 2 atom stereocenters. The summed E-state index contributed by atoms with van der Waals surface area (Å²) in [6.07, 6.45) is 2.13. The maximum atomic E-state index is 12.9. The zero-order valence-corrected chi connectivity index (χ0v) is 17.0. The number of aromatic nitrogens is 1. The molecule has 0 spiro atoms. The number of hydrogen-bond acceptors (Lipinski definition) is 5. The highest BCUT2D eigenvalue weighted by molar-refractivity contribution is 7.18. The first-order chi connectivity index (χ1) is 13.7. The van der Waals surface area contributed by atoms with Crippen LogP contribution in [0.1, 0.15) is 37.7 Å². The lowest BCUT2D eigenvalue weighted by Crippen LogP contribution is -2.41. The van der Waals surface area contributed by atoms with Crippen LogP contribution in [-0.4, -0.2) is 35.0 Å². The summed E-state index contributed by atoms with van der Waals surface area (Å²) in [4.78, 5) is 20.0. The standard InChI is InChI=1S/C22H25N3O2S/c1-3-27-17-12-10-16(11-13-17)23-21(26)15(2)25-14-6-8-19(25)22-24-18-7-4-5-9-20(18)28-22/h4-5,7,9-13,15,19H,3,6,8,14H2,1-2H3,(H,23,26). The number of ether oxygens (including phenoxy) is 1. The zero-order valence-electron chi connectivity index (χ0n) is 16.2. The molecule has 2 heterocycles. The molecule has 0 radical (unpaired) electrons. The Labute approximate surface area is 169 Å². The monoisotopic (exact) mass is 395 g/mol. The summed E-state index contributed by atoms with van der Waals surface area (Å²) in [6.45, 7) is 5.48. The molecule has 5 nitrogen and oxygen atoms in total. The minimum absolute atomic E-state index is 0.0113. The van der Waals surface area contributed by atoms with Crippen molar-refractivity contribution in [2.24, 2.45) is 0 Å². The molecule has 0 aliphatic carbocycles. The Balaban J connectivity index is 1.46. The van der Waals surface area contributed by atoms with Crippen molar-refractivity contribution in [3.63, 3.8) is 0 Å². The number of para-hydroxylation sites is 1. The van der Waals surface area contributed by atoms with Crippen LogP contribution in [0.5, 0.6) is 5.75 Å². The van der Waals surface area contributed by atoms with Gasteiger partial charge in [0.2, 0.25) is 5.91 Å². The molecule has 0 saturated carbocycles. The SMILES string of the molecule is CCOc1ccc(NC(=O)C(C)N2CCCC2c2nc3ccccc3s2)cc1. The number of thiazole rings is 1. The van der Waals surface area contributed by atoms with E-state index in [1.165, 1.54) is 4.70 Å². The first-order valence-electron chi connectivity index (χ1n) is 9.80. The summed E-state index contributed by atoms with van der Waals surface area (Å²) in [5.41, 5.74) is 1.83. The van der Waals surface area contributed by atoms with Crippen LogP contribution in [-0.2, 0) is 4.79 Å². The number of likely N-dealkylation sites (tertiary alicyclic amines) is 1. The molecule has 3 aromatic rings. The van der Waals surface area contributed by atoms with Gasteiger partial charge in [0.25, 0.3) is 0 Å². The van der Waals surface area contributed by atoms with Crippen molar-refractivity contribution < 1.29 is 9.53 Å². The molecule has 28 heavy (non-hydrogen) atoms. The highest BCUT2D eigenvalue weighted by atomic mass is 32.1. The maximum Gasteiger partial charge on any atom is 0.241 e. The number of carbonyl (C=O) groups is 1. The molecule has 2 aromatic carbocycles. The number of amides is 1. The Bertz CT molecular complexity index is 921. The average Bonchev–Trinajstić information content (AvgIpc) is 3.35. The number of hydrogen-bond donors (Lipinski definition) is 1. The van der Waals surface area contributed by atoms with E-state index in [1.54, 1.807) is 11.3 Å². The molecule has 2 unspecified atom stereocenters. The van der Waals surface area contributed by atoms with Crippen molar-refractivity contribution in [1.29, 1.82) is 0 Å². The summed E-state index contributed by atoms with van der Waals surface area (Å²) >= 11 is 1.74. The van der Waals surface area contributed by atoms with Crippen LogP contribution in [0.25, 0.3) is 10.2 Å². The van der Waals surface area contributed by atoms with E-state index in [2.05, 4.69) is 22.3 Å². The summed E-state index contributed by atoms with van der Waals surface area (Å²) in [6, 6.07) is 15.7. The Morgan fingerprint density at radius 3 is 2.82 bits per heavy atom. The predicted octanol–water partition coefficient (Wildman–Crippen LogP) is 4.86. The van der Waals surface area contributed by atoms with Gasteiger partial charge in [-0.3, -0.25) is 9.69 Å². The minimum Gasteiger partial charge on any atom is -0.494 e. The summed E-state index contributed by atoms with van der Waals surface area (Å²) < 4.78 is 6.66. The fraction of sp³-hybridized carbons (Fsp3) is 0.364. The van der Waals surface area contributed by atoms with Gasteiger partial charge in [-0.1, -0.05) is 12.1 Å². The Kier molecular flexibility index (Phi) is 5.59. The Morgan fingerprint density at radius 2 is 2.07 bits per heavy atom. The lowest BCUT2D eigenvalue weighted by molar-refractivity contribution is -0.121. The minimum atomic E-state index is -0.217. The molecule has 1 amide bonds. The van der Waals surface area contributed by atoms with Crippen molar-refractivity contribution in [1.82, 2.24) is 9.88 Å². The van der Waals surface area contributed by atoms with E-state index in [1.807, 2.05) is 50.2 Å². The molecule has 1 aromatic heterocycles. The zero-order chi connectivity index (χ0) is 19.5. The summed E-state index contributed by atoms with van der Waals surface area (Å²) in [7, 11) is 0. The molecule has 0 bridgehead atoms. The molecule has 1 aliphatic heterocycles. The number of anilines is 1. The van der Waals surface area contributed by atoms with Crippen molar-refractivity contribution in [3.05, 3.63) is 53.5 Å². The molecule has 146 valence electrons.